The lowest BCUT2D eigenvalue weighted by atomic mass is 9.92. The molecule has 4 heteroatoms. The van der Waals surface area contributed by atoms with Crippen LogP contribution < -0.4 is 5.32 Å². The summed E-state index contributed by atoms with van der Waals surface area (Å²) in [7, 11) is 0. The van der Waals surface area contributed by atoms with E-state index >= 15 is 0 Å². The number of hydrogen-bond donors (Lipinski definition) is 1. The minimum atomic E-state index is 0.337. The number of hydrogen-bond acceptors (Lipinski definition) is 4. The summed E-state index contributed by atoms with van der Waals surface area (Å²) in [5.74, 6) is 2.54. The fourth-order valence-electron chi connectivity index (χ4n) is 2.79. The van der Waals surface area contributed by atoms with Crippen LogP contribution >= 0.6 is 0 Å². The SMILES string of the molecule is CC(C)c1nnc([C@@H]2CC23CCNCC3)o1. The Morgan fingerprint density at radius 1 is 1.31 bits per heavy atom. The third-order valence-electron chi connectivity index (χ3n) is 4.04. The van der Waals surface area contributed by atoms with Gasteiger partial charge in [0.1, 0.15) is 0 Å². The molecule has 1 atom stereocenters. The standard InChI is InChI=1S/C12H19N3O/c1-8(2)10-14-15-11(16-10)9-7-12(9)3-5-13-6-4-12/h8-9,13H,3-7H2,1-2H3/t9-/m0/s1. The lowest BCUT2D eigenvalue weighted by Crippen LogP contribution is -2.29. The molecular formula is C12H19N3O. The van der Waals surface area contributed by atoms with Crippen molar-refractivity contribution in [3.8, 4) is 0 Å². The van der Waals surface area contributed by atoms with E-state index in [9.17, 15) is 0 Å². The molecule has 3 rings (SSSR count). The van der Waals surface area contributed by atoms with Gasteiger partial charge in [0.05, 0.1) is 0 Å². The predicted octanol–water partition coefficient (Wildman–Crippen LogP) is 2.05. The van der Waals surface area contributed by atoms with Crippen molar-refractivity contribution in [2.75, 3.05) is 13.1 Å². The monoisotopic (exact) mass is 221 g/mol. The normalized spacial score (nSPS) is 27.6. The Kier molecular flexibility index (Phi) is 2.28. The zero-order valence-electron chi connectivity index (χ0n) is 9.99. The third-order valence-corrected chi connectivity index (χ3v) is 4.04. The smallest absolute Gasteiger partial charge is 0.220 e. The van der Waals surface area contributed by atoms with Crippen molar-refractivity contribution in [2.45, 2.75) is 44.9 Å². The summed E-state index contributed by atoms with van der Waals surface area (Å²) < 4.78 is 5.75. The molecule has 0 amide bonds. The third kappa shape index (κ3) is 1.56. The van der Waals surface area contributed by atoms with Crippen LogP contribution in [0.3, 0.4) is 0 Å². The summed E-state index contributed by atoms with van der Waals surface area (Å²) in [5.41, 5.74) is 0.492. The van der Waals surface area contributed by atoms with Crippen LogP contribution in [0.4, 0.5) is 0 Å². The molecule has 1 aliphatic heterocycles. The highest BCUT2D eigenvalue weighted by Gasteiger charge is 2.57. The maximum Gasteiger partial charge on any atom is 0.220 e. The molecule has 1 saturated heterocycles. The van der Waals surface area contributed by atoms with E-state index < -0.39 is 0 Å². The Morgan fingerprint density at radius 2 is 2.06 bits per heavy atom. The Morgan fingerprint density at radius 3 is 2.69 bits per heavy atom. The molecule has 4 nitrogen and oxygen atoms in total. The van der Waals surface area contributed by atoms with Gasteiger partial charge in [-0.1, -0.05) is 13.8 Å². The minimum absolute atomic E-state index is 0.337. The van der Waals surface area contributed by atoms with E-state index in [0.717, 1.165) is 24.9 Å². The van der Waals surface area contributed by atoms with Gasteiger partial charge in [-0.25, -0.2) is 0 Å². The van der Waals surface area contributed by atoms with Gasteiger partial charge < -0.3 is 9.73 Å². The minimum Gasteiger partial charge on any atom is -0.425 e. The molecule has 2 aliphatic rings. The van der Waals surface area contributed by atoms with Crippen molar-refractivity contribution in [2.24, 2.45) is 5.41 Å². The molecule has 1 N–H and O–H groups in total. The topological polar surface area (TPSA) is 51.0 Å². The van der Waals surface area contributed by atoms with Crippen LogP contribution in [-0.2, 0) is 0 Å². The van der Waals surface area contributed by atoms with E-state index in [2.05, 4.69) is 29.4 Å². The summed E-state index contributed by atoms with van der Waals surface area (Å²) in [4.78, 5) is 0. The molecule has 2 heterocycles. The molecule has 1 aromatic heterocycles. The molecule has 0 unspecified atom stereocenters. The Labute approximate surface area is 95.8 Å². The quantitative estimate of drug-likeness (QED) is 0.830. The van der Waals surface area contributed by atoms with Crippen LogP contribution in [0.2, 0.25) is 0 Å². The van der Waals surface area contributed by atoms with Gasteiger partial charge in [0.15, 0.2) is 0 Å². The van der Waals surface area contributed by atoms with Crippen LogP contribution in [0.25, 0.3) is 0 Å². The van der Waals surface area contributed by atoms with Gasteiger partial charge in [-0.3, -0.25) is 0 Å². The van der Waals surface area contributed by atoms with Crippen molar-refractivity contribution >= 4 is 0 Å². The molecule has 1 spiro atoms. The fourth-order valence-corrected chi connectivity index (χ4v) is 2.79. The summed E-state index contributed by atoms with van der Waals surface area (Å²) >= 11 is 0. The van der Waals surface area contributed by atoms with E-state index in [4.69, 9.17) is 4.42 Å². The van der Waals surface area contributed by atoms with Crippen molar-refractivity contribution < 1.29 is 4.42 Å². The molecule has 16 heavy (non-hydrogen) atoms. The first kappa shape index (κ1) is 10.3. The van der Waals surface area contributed by atoms with E-state index in [-0.39, 0.29) is 0 Å². The van der Waals surface area contributed by atoms with E-state index in [0.29, 0.717) is 17.3 Å². The van der Waals surface area contributed by atoms with Crippen molar-refractivity contribution in [3.05, 3.63) is 11.8 Å². The first-order chi connectivity index (χ1) is 7.71. The first-order valence-electron chi connectivity index (χ1n) is 6.25. The van der Waals surface area contributed by atoms with Gasteiger partial charge in [0.25, 0.3) is 0 Å². The van der Waals surface area contributed by atoms with Crippen LogP contribution in [0, 0.1) is 5.41 Å². The molecule has 88 valence electrons. The summed E-state index contributed by atoms with van der Waals surface area (Å²) in [6, 6.07) is 0. The zero-order chi connectivity index (χ0) is 11.2. The predicted molar refractivity (Wildman–Crippen MR) is 60.3 cm³/mol. The van der Waals surface area contributed by atoms with Crippen molar-refractivity contribution in [1.82, 2.24) is 15.5 Å². The summed E-state index contributed by atoms with van der Waals surface area (Å²) in [6.07, 6.45) is 3.77. The lowest BCUT2D eigenvalue weighted by molar-refractivity contribution is 0.323. The maximum absolute atomic E-state index is 5.75. The fraction of sp³-hybridized carbons (Fsp3) is 0.833. The Hall–Kier alpha value is -0.900. The average molecular weight is 221 g/mol. The Balaban J connectivity index is 1.74. The van der Waals surface area contributed by atoms with Crippen LogP contribution in [0.1, 0.15) is 56.7 Å². The molecule has 2 fully saturated rings. The molecule has 0 radical (unpaired) electrons. The number of rotatable bonds is 2. The molecule has 1 aromatic rings. The van der Waals surface area contributed by atoms with Crippen molar-refractivity contribution in [3.63, 3.8) is 0 Å². The van der Waals surface area contributed by atoms with E-state index in [1.54, 1.807) is 0 Å². The lowest BCUT2D eigenvalue weighted by Gasteiger charge is -2.22. The molecular weight excluding hydrogens is 202 g/mol. The van der Waals surface area contributed by atoms with Crippen LogP contribution in [0.15, 0.2) is 4.42 Å². The highest BCUT2D eigenvalue weighted by atomic mass is 16.4. The number of piperidine rings is 1. The van der Waals surface area contributed by atoms with E-state index in [1.165, 1.54) is 19.3 Å². The van der Waals surface area contributed by atoms with Gasteiger partial charge in [-0.15, -0.1) is 10.2 Å². The Bertz CT molecular complexity index is 379. The highest BCUT2D eigenvalue weighted by Crippen LogP contribution is 2.63. The maximum atomic E-state index is 5.75. The van der Waals surface area contributed by atoms with Gasteiger partial charge in [0, 0.05) is 11.8 Å². The second-order valence-electron chi connectivity index (χ2n) is 5.50. The highest BCUT2D eigenvalue weighted by molar-refractivity contribution is 5.17. The molecule has 1 saturated carbocycles. The number of nitrogens with one attached hydrogen (secondary N) is 1. The first-order valence-corrected chi connectivity index (χ1v) is 6.25. The van der Waals surface area contributed by atoms with Gasteiger partial charge >= 0.3 is 0 Å². The van der Waals surface area contributed by atoms with Crippen molar-refractivity contribution in [1.29, 1.82) is 0 Å². The van der Waals surface area contributed by atoms with Crippen LogP contribution in [-0.4, -0.2) is 23.3 Å². The van der Waals surface area contributed by atoms with Gasteiger partial charge in [-0.05, 0) is 37.8 Å². The molecule has 0 bridgehead atoms. The number of nitrogens with zero attached hydrogens (tertiary/aromatic N) is 2. The van der Waals surface area contributed by atoms with E-state index in [1.807, 2.05) is 0 Å². The van der Waals surface area contributed by atoms with Gasteiger partial charge in [-0.2, -0.15) is 0 Å². The molecule has 1 aliphatic carbocycles. The largest absolute Gasteiger partial charge is 0.425 e. The summed E-state index contributed by atoms with van der Waals surface area (Å²) in [6.45, 7) is 6.46. The molecule has 0 aromatic carbocycles. The second kappa shape index (κ2) is 3.55. The van der Waals surface area contributed by atoms with Gasteiger partial charge in [0.2, 0.25) is 11.8 Å². The van der Waals surface area contributed by atoms with Crippen LogP contribution in [0.5, 0.6) is 0 Å². The zero-order valence-corrected chi connectivity index (χ0v) is 9.99. The number of aromatic nitrogens is 2. The summed E-state index contributed by atoms with van der Waals surface area (Å²) in [5, 5.41) is 11.7. The average Bonchev–Trinajstić information content (AvgIpc) is 2.79. The second-order valence-corrected chi connectivity index (χ2v) is 5.50.